The van der Waals surface area contributed by atoms with Crippen molar-refractivity contribution in [2.45, 2.75) is 50.4 Å². The first-order valence-electron chi connectivity index (χ1n) is 10.8. The van der Waals surface area contributed by atoms with Crippen molar-refractivity contribution in [1.82, 2.24) is 15.5 Å². The molecule has 1 saturated heterocycles. The lowest BCUT2D eigenvalue weighted by atomic mass is 9.96. The van der Waals surface area contributed by atoms with Crippen LogP contribution in [0.4, 0.5) is 0 Å². The minimum Gasteiger partial charge on any atom is -0.323 e. The zero-order valence-electron chi connectivity index (χ0n) is 17.3. The molecule has 4 N–H and O–H groups in total. The fraction of sp³-hybridized carbons (Fsp3) is 0.375. The fourth-order valence-corrected chi connectivity index (χ4v) is 5.11. The van der Waals surface area contributed by atoms with Gasteiger partial charge in [0.2, 0.25) is 11.8 Å². The molecule has 0 bridgehead atoms. The van der Waals surface area contributed by atoms with Gasteiger partial charge in [-0.2, -0.15) is 0 Å². The van der Waals surface area contributed by atoms with Crippen LogP contribution >= 0.6 is 0 Å². The van der Waals surface area contributed by atoms with Crippen molar-refractivity contribution in [3.63, 3.8) is 0 Å². The van der Waals surface area contributed by atoms with Crippen molar-refractivity contribution in [2.75, 3.05) is 6.54 Å². The van der Waals surface area contributed by atoms with Crippen LogP contribution in [0.2, 0.25) is 0 Å². The minimum atomic E-state index is -0.595. The summed E-state index contributed by atoms with van der Waals surface area (Å²) in [5, 5.41) is 5.84. The summed E-state index contributed by atoms with van der Waals surface area (Å²) in [6.07, 6.45) is 2.33. The molecule has 5 rings (SSSR count). The summed E-state index contributed by atoms with van der Waals surface area (Å²) in [4.78, 5) is 38.3. The smallest absolute Gasteiger partial charge is 0.255 e. The van der Waals surface area contributed by atoms with E-state index in [0.717, 1.165) is 24.0 Å². The molecule has 2 aliphatic heterocycles. The second-order valence-corrected chi connectivity index (χ2v) is 8.93. The number of rotatable bonds is 5. The van der Waals surface area contributed by atoms with Crippen molar-refractivity contribution < 1.29 is 14.4 Å². The van der Waals surface area contributed by atoms with Crippen molar-refractivity contribution in [1.29, 1.82) is 0 Å². The van der Waals surface area contributed by atoms with Gasteiger partial charge in [0.15, 0.2) is 0 Å². The molecule has 0 saturated carbocycles. The van der Waals surface area contributed by atoms with Crippen molar-refractivity contribution in [2.24, 2.45) is 5.73 Å². The maximum atomic E-state index is 13.0. The van der Waals surface area contributed by atoms with Gasteiger partial charge in [0.1, 0.15) is 6.04 Å². The topological polar surface area (TPSA) is 105 Å². The Morgan fingerprint density at radius 3 is 2.52 bits per heavy atom. The van der Waals surface area contributed by atoms with Gasteiger partial charge in [-0.1, -0.05) is 36.4 Å². The Morgan fingerprint density at radius 2 is 1.81 bits per heavy atom. The molecule has 7 nitrogen and oxygen atoms in total. The molecule has 2 heterocycles. The number of amides is 3. The summed E-state index contributed by atoms with van der Waals surface area (Å²) in [6.45, 7) is 1.67. The minimum absolute atomic E-state index is 0.145. The molecule has 2 aromatic rings. The highest BCUT2D eigenvalue weighted by Gasteiger charge is 2.40. The van der Waals surface area contributed by atoms with Crippen LogP contribution in [0.5, 0.6) is 0 Å². The van der Waals surface area contributed by atoms with Crippen molar-refractivity contribution in [3.05, 3.63) is 70.3 Å². The zero-order chi connectivity index (χ0) is 21.6. The van der Waals surface area contributed by atoms with E-state index in [0.29, 0.717) is 31.6 Å². The number of nitrogens with two attached hydrogens (primary N) is 1. The number of piperidine rings is 1. The molecule has 2 aromatic carbocycles. The van der Waals surface area contributed by atoms with Gasteiger partial charge in [0.05, 0.1) is 0 Å². The van der Waals surface area contributed by atoms with Crippen LogP contribution in [-0.2, 0) is 35.5 Å². The molecular weight excluding hydrogens is 392 g/mol. The lowest BCUT2D eigenvalue weighted by Gasteiger charge is -2.29. The van der Waals surface area contributed by atoms with E-state index >= 15 is 0 Å². The number of imide groups is 1. The maximum Gasteiger partial charge on any atom is 0.255 e. The molecule has 7 heteroatoms. The number of fused-ring (bicyclic) bond motifs is 2. The normalized spacial score (nSPS) is 21.8. The van der Waals surface area contributed by atoms with E-state index < -0.39 is 6.04 Å². The molecule has 31 heavy (non-hydrogen) atoms. The van der Waals surface area contributed by atoms with Crippen LogP contribution in [0, 0.1) is 0 Å². The number of carbonyl (C=O) groups excluding carboxylic acids is 3. The van der Waals surface area contributed by atoms with Crippen LogP contribution in [0.1, 0.15) is 45.5 Å². The van der Waals surface area contributed by atoms with E-state index in [1.165, 1.54) is 11.1 Å². The molecule has 0 radical (unpaired) electrons. The Labute approximate surface area is 181 Å². The Bertz CT molecular complexity index is 1060. The molecule has 160 valence electrons. The van der Waals surface area contributed by atoms with E-state index in [2.05, 4.69) is 34.9 Å². The molecule has 1 unspecified atom stereocenters. The Morgan fingerprint density at radius 1 is 1.06 bits per heavy atom. The summed E-state index contributed by atoms with van der Waals surface area (Å²) in [5.41, 5.74) is 11.6. The Hall–Kier alpha value is -3.03. The molecule has 3 amide bonds. The molecule has 1 atom stereocenters. The lowest BCUT2D eigenvalue weighted by Crippen LogP contribution is -2.52. The van der Waals surface area contributed by atoms with E-state index in [1.54, 1.807) is 4.90 Å². The number of nitrogens with zero attached hydrogens (tertiary/aromatic N) is 1. The van der Waals surface area contributed by atoms with E-state index in [1.807, 2.05) is 18.2 Å². The molecule has 1 fully saturated rings. The number of hydrogen-bond donors (Lipinski definition) is 3. The quantitative estimate of drug-likeness (QED) is 0.630. The first kappa shape index (κ1) is 19.9. The van der Waals surface area contributed by atoms with Gasteiger partial charge in [-0.05, 0) is 47.6 Å². The van der Waals surface area contributed by atoms with E-state index in [9.17, 15) is 14.4 Å². The maximum absolute atomic E-state index is 13.0. The van der Waals surface area contributed by atoms with Crippen LogP contribution < -0.4 is 16.4 Å². The molecule has 0 aromatic heterocycles. The lowest BCUT2D eigenvalue weighted by molar-refractivity contribution is -0.136. The average Bonchev–Trinajstić information content (AvgIpc) is 3.25. The second-order valence-electron chi connectivity index (χ2n) is 8.93. The monoisotopic (exact) mass is 418 g/mol. The summed E-state index contributed by atoms with van der Waals surface area (Å²) < 4.78 is 0. The van der Waals surface area contributed by atoms with Crippen LogP contribution in [0.15, 0.2) is 42.5 Å². The largest absolute Gasteiger partial charge is 0.323 e. The zero-order valence-corrected chi connectivity index (χ0v) is 17.3. The van der Waals surface area contributed by atoms with Crippen LogP contribution in [0.25, 0.3) is 0 Å². The summed E-state index contributed by atoms with van der Waals surface area (Å²) in [5.74, 6) is -0.809. The van der Waals surface area contributed by atoms with Gasteiger partial charge >= 0.3 is 0 Å². The van der Waals surface area contributed by atoms with Gasteiger partial charge in [0, 0.05) is 37.2 Å². The van der Waals surface area contributed by atoms with Gasteiger partial charge in [0.25, 0.3) is 5.91 Å². The number of hydrogen-bond acceptors (Lipinski definition) is 5. The summed E-state index contributed by atoms with van der Waals surface area (Å²) in [6, 6.07) is 13.5. The second kappa shape index (κ2) is 7.59. The van der Waals surface area contributed by atoms with E-state index in [4.69, 9.17) is 5.73 Å². The van der Waals surface area contributed by atoms with Gasteiger partial charge < -0.3 is 16.0 Å². The highest BCUT2D eigenvalue weighted by molar-refractivity contribution is 6.05. The average molecular weight is 418 g/mol. The SMILES string of the molecule is NC1(CNCc2cccc3c2CN(C2CCC(=O)NC2=O)C3=O)Cc2ccccc2C1. The first-order valence-corrected chi connectivity index (χ1v) is 10.8. The van der Waals surface area contributed by atoms with Crippen molar-refractivity contribution >= 4 is 17.7 Å². The Balaban J connectivity index is 1.26. The molecule has 0 spiro atoms. The third-order valence-electron chi connectivity index (χ3n) is 6.68. The molecule has 3 aliphatic rings. The number of nitrogens with one attached hydrogen (secondary N) is 2. The fourth-order valence-electron chi connectivity index (χ4n) is 5.11. The predicted octanol–water partition coefficient (Wildman–Crippen LogP) is 1.03. The Kier molecular flexibility index (Phi) is 4.87. The van der Waals surface area contributed by atoms with Crippen LogP contribution in [-0.4, -0.2) is 40.7 Å². The number of carbonyl (C=O) groups is 3. The summed E-state index contributed by atoms with van der Waals surface area (Å²) >= 11 is 0. The molecular formula is C24H26N4O3. The highest BCUT2D eigenvalue weighted by Crippen LogP contribution is 2.31. The van der Waals surface area contributed by atoms with Gasteiger partial charge in [-0.3, -0.25) is 19.7 Å². The molecule has 1 aliphatic carbocycles. The third kappa shape index (κ3) is 3.64. The standard InChI is InChI=1S/C24H26N4O3/c25-24(10-15-4-1-2-5-16(15)11-24)14-26-12-17-6-3-7-18-19(17)13-28(23(18)31)20-8-9-21(29)27-22(20)30/h1-7,20,26H,8-14,25H2,(H,27,29,30). The third-order valence-corrected chi connectivity index (χ3v) is 6.68. The highest BCUT2D eigenvalue weighted by atomic mass is 16.2. The van der Waals surface area contributed by atoms with Gasteiger partial charge in [-0.25, -0.2) is 0 Å². The van der Waals surface area contributed by atoms with Crippen LogP contribution in [0.3, 0.4) is 0 Å². The summed E-state index contributed by atoms with van der Waals surface area (Å²) in [7, 11) is 0. The van der Waals surface area contributed by atoms with Crippen molar-refractivity contribution in [3.8, 4) is 0 Å². The van der Waals surface area contributed by atoms with E-state index in [-0.39, 0.29) is 29.7 Å². The predicted molar refractivity (Wildman–Crippen MR) is 115 cm³/mol. The first-order chi connectivity index (χ1) is 14.9. The van der Waals surface area contributed by atoms with Gasteiger partial charge in [-0.15, -0.1) is 0 Å². The number of benzene rings is 2.